The standard InChI is InChI=1S/C17H22O4/c1-11-12-7-9-17(2,10-8-15(18)21-4)16(19)13(12)5-6-14(11)20-3/h5-6H,7-10H2,1-4H3. The highest BCUT2D eigenvalue weighted by Gasteiger charge is 2.39. The van der Waals surface area contributed by atoms with E-state index in [0.717, 1.165) is 35.3 Å². The Morgan fingerprint density at radius 2 is 2.05 bits per heavy atom. The number of ketones is 1. The Balaban J connectivity index is 2.28. The lowest BCUT2D eigenvalue weighted by Crippen LogP contribution is -2.34. The van der Waals surface area contributed by atoms with E-state index in [-0.39, 0.29) is 18.2 Å². The van der Waals surface area contributed by atoms with Crippen molar-refractivity contribution in [3.05, 3.63) is 28.8 Å². The van der Waals surface area contributed by atoms with Crippen LogP contribution < -0.4 is 4.74 Å². The third-order valence-corrected chi connectivity index (χ3v) is 4.60. The van der Waals surface area contributed by atoms with Crippen LogP contribution in [0.4, 0.5) is 0 Å². The van der Waals surface area contributed by atoms with Crippen LogP contribution in [0.3, 0.4) is 0 Å². The highest BCUT2D eigenvalue weighted by Crippen LogP contribution is 2.41. The largest absolute Gasteiger partial charge is 0.496 e. The van der Waals surface area contributed by atoms with E-state index >= 15 is 0 Å². The molecule has 0 aromatic heterocycles. The molecule has 1 aromatic rings. The summed E-state index contributed by atoms with van der Waals surface area (Å²) in [7, 11) is 3.01. The Kier molecular flexibility index (Phi) is 4.35. The van der Waals surface area contributed by atoms with Gasteiger partial charge in [0.1, 0.15) is 5.75 Å². The van der Waals surface area contributed by atoms with E-state index in [1.807, 2.05) is 26.0 Å². The zero-order valence-corrected chi connectivity index (χ0v) is 13.1. The summed E-state index contributed by atoms with van der Waals surface area (Å²) in [6.45, 7) is 3.93. The third kappa shape index (κ3) is 2.80. The maximum atomic E-state index is 12.8. The van der Waals surface area contributed by atoms with E-state index in [9.17, 15) is 9.59 Å². The molecule has 21 heavy (non-hydrogen) atoms. The number of rotatable bonds is 4. The van der Waals surface area contributed by atoms with Gasteiger partial charge < -0.3 is 9.47 Å². The van der Waals surface area contributed by atoms with Crippen molar-refractivity contribution in [1.82, 2.24) is 0 Å². The van der Waals surface area contributed by atoms with E-state index in [1.54, 1.807) is 7.11 Å². The number of benzene rings is 1. The molecule has 4 heteroatoms. The van der Waals surface area contributed by atoms with Crippen molar-refractivity contribution in [1.29, 1.82) is 0 Å². The van der Waals surface area contributed by atoms with Crippen LogP contribution in [-0.2, 0) is 16.0 Å². The Hall–Kier alpha value is -1.84. The van der Waals surface area contributed by atoms with Gasteiger partial charge in [-0.3, -0.25) is 9.59 Å². The predicted molar refractivity (Wildman–Crippen MR) is 79.7 cm³/mol. The monoisotopic (exact) mass is 290 g/mol. The summed E-state index contributed by atoms with van der Waals surface area (Å²) in [5, 5.41) is 0. The Morgan fingerprint density at radius 1 is 1.33 bits per heavy atom. The SMILES string of the molecule is COC(=O)CCC1(C)CCc2c(ccc(OC)c2C)C1=O. The Bertz CT molecular complexity index is 576. The van der Waals surface area contributed by atoms with Crippen LogP contribution in [0.2, 0.25) is 0 Å². The summed E-state index contributed by atoms with van der Waals surface area (Å²) < 4.78 is 9.99. The summed E-state index contributed by atoms with van der Waals surface area (Å²) in [6, 6.07) is 3.69. The molecule has 1 unspecified atom stereocenters. The third-order valence-electron chi connectivity index (χ3n) is 4.60. The molecular weight excluding hydrogens is 268 g/mol. The second-order valence-electron chi connectivity index (χ2n) is 5.88. The molecule has 1 atom stereocenters. The van der Waals surface area contributed by atoms with Gasteiger partial charge in [0.05, 0.1) is 14.2 Å². The van der Waals surface area contributed by atoms with Crippen LogP contribution in [-0.4, -0.2) is 26.0 Å². The van der Waals surface area contributed by atoms with Gasteiger partial charge in [-0.25, -0.2) is 0 Å². The zero-order chi connectivity index (χ0) is 15.6. The minimum absolute atomic E-state index is 0.124. The zero-order valence-electron chi connectivity index (χ0n) is 13.1. The molecule has 0 saturated heterocycles. The van der Waals surface area contributed by atoms with E-state index in [2.05, 4.69) is 4.74 Å². The van der Waals surface area contributed by atoms with Crippen LogP contribution in [0.5, 0.6) is 5.75 Å². The highest BCUT2D eigenvalue weighted by atomic mass is 16.5. The smallest absolute Gasteiger partial charge is 0.305 e. The number of ether oxygens (including phenoxy) is 2. The van der Waals surface area contributed by atoms with Gasteiger partial charge in [-0.2, -0.15) is 0 Å². The van der Waals surface area contributed by atoms with Crippen molar-refractivity contribution < 1.29 is 19.1 Å². The average Bonchev–Trinajstić information content (AvgIpc) is 2.49. The predicted octanol–water partition coefficient (Wildman–Crippen LogP) is 3.09. The molecule has 0 fully saturated rings. The van der Waals surface area contributed by atoms with Crippen molar-refractivity contribution in [2.75, 3.05) is 14.2 Å². The van der Waals surface area contributed by atoms with E-state index in [0.29, 0.717) is 6.42 Å². The van der Waals surface area contributed by atoms with Gasteiger partial charge in [-0.05, 0) is 49.4 Å². The molecule has 0 N–H and O–H groups in total. The molecule has 1 aromatic carbocycles. The molecule has 1 aliphatic carbocycles. The fourth-order valence-corrected chi connectivity index (χ4v) is 3.05. The number of carbonyl (C=O) groups excluding carboxylic acids is 2. The molecule has 0 spiro atoms. The van der Waals surface area contributed by atoms with Crippen molar-refractivity contribution in [2.45, 2.75) is 39.5 Å². The van der Waals surface area contributed by atoms with Crippen LogP contribution in [0, 0.1) is 12.3 Å². The molecule has 0 aliphatic heterocycles. The van der Waals surface area contributed by atoms with E-state index in [4.69, 9.17) is 4.74 Å². The molecule has 0 amide bonds. The first-order valence-corrected chi connectivity index (χ1v) is 7.21. The molecule has 0 saturated carbocycles. The van der Waals surface area contributed by atoms with E-state index in [1.165, 1.54) is 7.11 Å². The van der Waals surface area contributed by atoms with Crippen LogP contribution >= 0.6 is 0 Å². The van der Waals surface area contributed by atoms with Crippen LogP contribution in [0.25, 0.3) is 0 Å². The number of carbonyl (C=O) groups is 2. The van der Waals surface area contributed by atoms with Crippen LogP contribution in [0.1, 0.15) is 47.7 Å². The topological polar surface area (TPSA) is 52.6 Å². The van der Waals surface area contributed by atoms with Crippen molar-refractivity contribution in [2.24, 2.45) is 5.41 Å². The molecule has 114 valence electrons. The number of fused-ring (bicyclic) bond motifs is 1. The number of hydrogen-bond donors (Lipinski definition) is 0. The maximum absolute atomic E-state index is 12.8. The lowest BCUT2D eigenvalue weighted by Gasteiger charge is -2.34. The van der Waals surface area contributed by atoms with Gasteiger partial charge in [-0.15, -0.1) is 0 Å². The fraction of sp³-hybridized carbons (Fsp3) is 0.529. The minimum atomic E-state index is -0.484. The summed E-state index contributed by atoms with van der Waals surface area (Å²) in [5.41, 5.74) is 2.41. The number of methoxy groups -OCH3 is 2. The van der Waals surface area contributed by atoms with Crippen molar-refractivity contribution in [3.63, 3.8) is 0 Å². The van der Waals surface area contributed by atoms with Gasteiger partial charge in [0, 0.05) is 17.4 Å². The Morgan fingerprint density at radius 3 is 2.67 bits per heavy atom. The quantitative estimate of drug-likeness (QED) is 0.800. The molecule has 4 nitrogen and oxygen atoms in total. The molecule has 0 heterocycles. The first-order chi connectivity index (χ1) is 9.92. The summed E-state index contributed by atoms with van der Waals surface area (Å²) in [6.07, 6.45) is 2.40. The molecular formula is C17H22O4. The lowest BCUT2D eigenvalue weighted by atomic mass is 9.68. The van der Waals surface area contributed by atoms with Gasteiger partial charge >= 0.3 is 5.97 Å². The lowest BCUT2D eigenvalue weighted by molar-refractivity contribution is -0.141. The summed E-state index contributed by atoms with van der Waals surface area (Å²) in [5.74, 6) is 0.679. The Labute approximate surface area is 125 Å². The molecule has 0 bridgehead atoms. The first-order valence-electron chi connectivity index (χ1n) is 7.21. The average molecular weight is 290 g/mol. The number of hydrogen-bond acceptors (Lipinski definition) is 4. The summed E-state index contributed by atoms with van der Waals surface area (Å²) >= 11 is 0. The van der Waals surface area contributed by atoms with Crippen LogP contribution in [0.15, 0.2) is 12.1 Å². The van der Waals surface area contributed by atoms with Gasteiger partial charge in [0.2, 0.25) is 0 Å². The van der Waals surface area contributed by atoms with Gasteiger partial charge in [0.25, 0.3) is 0 Å². The second kappa shape index (κ2) is 5.88. The van der Waals surface area contributed by atoms with Gasteiger partial charge in [0.15, 0.2) is 5.78 Å². The van der Waals surface area contributed by atoms with Crippen molar-refractivity contribution >= 4 is 11.8 Å². The highest BCUT2D eigenvalue weighted by molar-refractivity contribution is 6.03. The minimum Gasteiger partial charge on any atom is -0.496 e. The second-order valence-corrected chi connectivity index (χ2v) is 5.88. The summed E-state index contributed by atoms with van der Waals surface area (Å²) in [4.78, 5) is 24.1. The molecule has 2 rings (SSSR count). The van der Waals surface area contributed by atoms with E-state index < -0.39 is 5.41 Å². The number of Topliss-reactive ketones (excluding diaryl/α,β-unsaturated/α-hetero) is 1. The fourth-order valence-electron chi connectivity index (χ4n) is 3.05. The number of esters is 1. The molecule has 0 radical (unpaired) electrons. The first kappa shape index (κ1) is 15.5. The maximum Gasteiger partial charge on any atom is 0.305 e. The van der Waals surface area contributed by atoms with Crippen molar-refractivity contribution in [3.8, 4) is 5.75 Å². The normalized spacial score (nSPS) is 20.9. The van der Waals surface area contributed by atoms with Gasteiger partial charge in [-0.1, -0.05) is 6.92 Å². The molecule has 1 aliphatic rings.